The summed E-state index contributed by atoms with van der Waals surface area (Å²) in [4.78, 5) is 14.6. The minimum atomic E-state index is -1.61. The molecule has 1 atom stereocenters. The lowest BCUT2D eigenvalue weighted by Gasteiger charge is -2.21. The van der Waals surface area contributed by atoms with Gasteiger partial charge in [-0.15, -0.1) is 0 Å². The summed E-state index contributed by atoms with van der Waals surface area (Å²) in [7, 11) is 0. The summed E-state index contributed by atoms with van der Waals surface area (Å²) >= 11 is 11.5. The van der Waals surface area contributed by atoms with Crippen LogP contribution >= 0.6 is 23.2 Å². The van der Waals surface area contributed by atoms with E-state index >= 15 is 0 Å². The first-order valence-electron chi connectivity index (χ1n) is 3.69. The van der Waals surface area contributed by atoms with Gasteiger partial charge < -0.3 is 10.8 Å². The fraction of sp³-hybridized carbons (Fsp3) is 0.250. The number of hydrogen-bond donors (Lipinski definition) is 2. The van der Waals surface area contributed by atoms with Gasteiger partial charge in [0.15, 0.2) is 0 Å². The van der Waals surface area contributed by atoms with Crippen molar-refractivity contribution in [3.8, 4) is 0 Å². The molecule has 4 nitrogen and oxygen atoms in total. The van der Waals surface area contributed by atoms with E-state index in [1.807, 2.05) is 0 Å². The van der Waals surface area contributed by atoms with E-state index in [9.17, 15) is 4.79 Å². The van der Waals surface area contributed by atoms with Crippen LogP contribution in [0, 0.1) is 0 Å². The molecular weight excluding hydrogens is 227 g/mol. The minimum absolute atomic E-state index is 0.143. The number of aliphatic carboxylic acids is 1. The zero-order chi connectivity index (χ0) is 10.9. The summed E-state index contributed by atoms with van der Waals surface area (Å²) in [6.45, 7) is 1.32. The van der Waals surface area contributed by atoms with Gasteiger partial charge in [-0.3, -0.25) is 4.98 Å². The Balaban J connectivity index is 3.38. The third-order valence-corrected chi connectivity index (χ3v) is 2.39. The molecular formula is C8H8Cl2N2O2. The van der Waals surface area contributed by atoms with Crippen molar-refractivity contribution in [2.45, 2.75) is 12.5 Å². The largest absolute Gasteiger partial charge is 0.480 e. The highest BCUT2D eigenvalue weighted by molar-refractivity contribution is 6.36. The predicted molar refractivity (Wildman–Crippen MR) is 53.4 cm³/mol. The maximum Gasteiger partial charge on any atom is 0.328 e. The number of carboxylic acids is 1. The van der Waals surface area contributed by atoms with Crippen molar-refractivity contribution < 1.29 is 9.90 Å². The van der Waals surface area contributed by atoms with Gasteiger partial charge in [-0.1, -0.05) is 23.2 Å². The molecule has 0 amide bonds. The fourth-order valence-electron chi connectivity index (χ4n) is 1.01. The lowest BCUT2D eigenvalue weighted by atomic mass is 9.94. The molecule has 1 rings (SSSR count). The molecule has 3 N–H and O–H groups in total. The maximum absolute atomic E-state index is 10.9. The van der Waals surface area contributed by atoms with E-state index in [1.54, 1.807) is 0 Å². The van der Waals surface area contributed by atoms with Gasteiger partial charge in [-0.25, -0.2) is 4.79 Å². The number of pyridine rings is 1. The van der Waals surface area contributed by atoms with Crippen molar-refractivity contribution in [2.24, 2.45) is 5.73 Å². The monoisotopic (exact) mass is 234 g/mol. The number of hydrogen-bond acceptors (Lipinski definition) is 3. The highest BCUT2D eigenvalue weighted by atomic mass is 35.5. The molecule has 0 aromatic carbocycles. The van der Waals surface area contributed by atoms with E-state index in [1.165, 1.54) is 19.3 Å². The van der Waals surface area contributed by atoms with Crippen molar-refractivity contribution in [1.29, 1.82) is 0 Å². The van der Waals surface area contributed by atoms with Crippen LogP contribution in [0.5, 0.6) is 0 Å². The van der Waals surface area contributed by atoms with Crippen molar-refractivity contribution in [3.05, 3.63) is 28.0 Å². The molecule has 0 spiro atoms. The Bertz CT molecular complexity index is 359. The summed E-state index contributed by atoms with van der Waals surface area (Å²) in [5.41, 5.74) is 4.14. The molecule has 6 heteroatoms. The first-order chi connectivity index (χ1) is 6.37. The average Bonchev–Trinajstić information content (AvgIpc) is 2.02. The van der Waals surface area contributed by atoms with Crippen molar-refractivity contribution in [1.82, 2.24) is 4.98 Å². The topological polar surface area (TPSA) is 76.2 Å². The molecule has 1 aromatic heterocycles. The third kappa shape index (κ3) is 1.82. The maximum atomic E-state index is 10.9. The zero-order valence-electron chi connectivity index (χ0n) is 7.29. The van der Waals surface area contributed by atoms with Crippen LogP contribution in [0.1, 0.15) is 12.5 Å². The molecule has 76 valence electrons. The minimum Gasteiger partial charge on any atom is -0.480 e. The Kier molecular flexibility index (Phi) is 2.99. The molecule has 0 aliphatic carbocycles. The van der Waals surface area contributed by atoms with Crippen LogP contribution in [0.25, 0.3) is 0 Å². The SMILES string of the molecule is C[C@](N)(C(=O)O)c1c(Cl)cncc1Cl. The van der Waals surface area contributed by atoms with Gasteiger partial charge in [0.2, 0.25) is 0 Å². The number of aromatic nitrogens is 1. The highest BCUT2D eigenvalue weighted by Gasteiger charge is 2.34. The Hall–Kier alpha value is -0.840. The van der Waals surface area contributed by atoms with E-state index < -0.39 is 11.5 Å². The number of rotatable bonds is 2. The molecule has 14 heavy (non-hydrogen) atoms. The second kappa shape index (κ2) is 3.73. The molecule has 0 unspecified atom stereocenters. The Labute approximate surface area is 90.6 Å². The second-order valence-corrected chi connectivity index (χ2v) is 3.80. The van der Waals surface area contributed by atoms with Gasteiger partial charge in [0.25, 0.3) is 0 Å². The van der Waals surface area contributed by atoms with Crippen LogP contribution in [0.3, 0.4) is 0 Å². The van der Waals surface area contributed by atoms with Crippen molar-refractivity contribution in [3.63, 3.8) is 0 Å². The van der Waals surface area contributed by atoms with Gasteiger partial charge in [-0.2, -0.15) is 0 Å². The van der Waals surface area contributed by atoms with Crippen LogP contribution in [-0.2, 0) is 10.3 Å². The summed E-state index contributed by atoms with van der Waals surface area (Å²) in [5, 5.41) is 9.17. The second-order valence-electron chi connectivity index (χ2n) is 2.99. The molecule has 0 bridgehead atoms. The smallest absolute Gasteiger partial charge is 0.328 e. The molecule has 0 radical (unpaired) electrons. The Morgan fingerprint density at radius 2 is 1.93 bits per heavy atom. The van der Waals surface area contributed by atoms with Gasteiger partial charge in [0.05, 0.1) is 10.0 Å². The number of carboxylic acid groups (broad SMARTS) is 1. The predicted octanol–water partition coefficient (Wildman–Crippen LogP) is 1.65. The Morgan fingerprint density at radius 3 is 2.29 bits per heavy atom. The quantitative estimate of drug-likeness (QED) is 0.816. The van der Waals surface area contributed by atoms with Gasteiger partial charge in [0.1, 0.15) is 5.54 Å². The summed E-state index contributed by atoms with van der Waals surface area (Å²) in [6, 6.07) is 0. The molecule has 1 aromatic rings. The average molecular weight is 235 g/mol. The number of carbonyl (C=O) groups is 1. The normalized spacial score (nSPS) is 14.9. The van der Waals surface area contributed by atoms with Crippen molar-refractivity contribution >= 4 is 29.2 Å². The van der Waals surface area contributed by atoms with Crippen LogP contribution in [-0.4, -0.2) is 16.1 Å². The zero-order valence-corrected chi connectivity index (χ0v) is 8.80. The fourth-order valence-corrected chi connectivity index (χ4v) is 1.77. The number of halogens is 2. The molecule has 0 saturated carbocycles. The van der Waals surface area contributed by atoms with Crippen LogP contribution < -0.4 is 5.73 Å². The highest BCUT2D eigenvalue weighted by Crippen LogP contribution is 2.31. The van der Waals surface area contributed by atoms with E-state index in [0.717, 1.165) is 0 Å². The molecule has 1 heterocycles. The van der Waals surface area contributed by atoms with Gasteiger partial charge in [0, 0.05) is 18.0 Å². The number of nitrogens with two attached hydrogens (primary N) is 1. The van der Waals surface area contributed by atoms with Gasteiger partial charge >= 0.3 is 5.97 Å². The lowest BCUT2D eigenvalue weighted by Crippen LogP contribution is -2.42. The van der Waals surface area contributed by atoms with Crippen LogP contribution in [0.15, 0.2) is 12.4 Å². The van der Waals surface area contributed by atoms with Gasteiger partial charge in [-0.05, 0) is 6.92 Å². The van der Waals surface area contributed by atoms with Crippen molar-refractivity contribution in [2.75, 3.05) is 0 Å². The number of nitrogens with zero attached hydrogens (tertiary/aromatic N) is 1. The molecule has 0 aliphatic heterocycles. The Morgan fingerprint density at radius 1 is 1.50 bits per heavy atom. The van der Waals surface area contributed by atoms with Crippen LogP contribution in [0.4, 0.5) is 0 Å². The van der Waals surface area contributed by atoms with E-state index in [0.29, 0.717) is 0 Å². The standard InChI is InChI=1S/C8H8Cl2N2O2/c1-8(11,7(13)14)6-4(9)2-12-3-5(6)10/h2-3H,11H2,1H3,(H,13,14)/t8-/m1/s1. The summed E-state index contributed by atoms with van der Waals surface area (Å²) in [6.07, 6.45) is 2.60. The lowest BCUT2D eigenvalue weighted by molar-refractivity contribution is -0.143. The third-order valence-electron chi connectivity index (χ3n) is 1.82. The van der Waals surface area contributed by atoms with E-state index in [4.69, 9.17) is 34.0 Å². The summed E-state index contributed by atoms with van der Waals surface area (Å²) < 4.78 is 0. The molecule has 0 fully saturated rings. The van der Waals surface area contributed by atoms with E-state index in [2.05, 4.69) is 4.98 Å². The first kappa shape index (κ1) is 11.2. The summed E-state index contributed by atoms with van der Waals surface area (Å²) in [5.74, 6) is -1.20. The van der Waals surface area contributed by atoms with Crippen LogP contribution in [0.2, 0.25) is 10.0 Å². The van der Waals surface area contributed by atoms with E-state index in [-0.39, 0.29) is 15.6 Å². The molecule has 0 aliphatic rings. The molecule has 0 saturated heterocycles. The first-order valence-corrected chi connectivity index (χ1v) is 4.44.